The minimum atomic E-state index is -0.684. The molecule has 6 heteroatoms. The molecule has 0 amide bonds. The van der Waals surface area contributed by atoms with Crippen LogP contribution in [0.2, 0.25) is 0 Å². The molecule has 0 aliphatic rings. The van der Waals surface area contributed by atoms with Gasteiger partial charge in [0.1, 0.15) is 6.10 Å². The van der Waals surface area contributed by atoms with E-state index in [-0.39, 0.29) is 19.0 Å². The van der Waals surface area contributed by atoms with Crippen LogP contribution < -0.4 is 0 Å². The first-order valence-corrected chi connectivity index (χ1v) is 15.9. The SMILES string of the molecule is CCC=CCC=CCC=CCC=CCC=CCCCC(=O)OCCC(=COC(C)=O)C(CC=C(C)C#CC=C(C)C)OC(C)=O. The normalized spacial score (nSPS) is 13.0. The second kappa shape index (κ2) is 28.6. The van der Waals surface area contributed by atoms with Crippen molar-refractivity contribution in [1.29, 1.82) is 0 Å². The molecule has 0 radical (unpaired) electrons. The number of rotatable bonds is 21. The van der Waals surface area contributed by atoms with E-state index in [9.17, 15) is 14.4 Å². The number of hydrogen-bond acceptors (Lipinski definition) is 6. The van der Waals surface area contributed by atoms with E-state index < -0.39 is 18.0 Å². The Morgan fingerprint density at radius 3 is 1.84 bits per heavy atom. The van der Waals surface area contributed by atoms with E-state index in [1.807, 2.05) is 32.9 Å². The second-order valence-corrected chi connectivity index (χ2v) is 10.6. The van der Waals surface area contributed by atoms with Gasteiger partial charge in [0.2, 0.25) is 0 Å². The largest absolute Gasteiger partial charge is 0.465 e. The van der Waals surface area contributed by atoms with Crippen LogP contribution in [0.25, 0.3) is 0 Å². The van der Waals surface area contributed by atoms with Crippen LogP contribution in [0.4, 0.5) is 0 Å². The number of allylic oxidation sites excluding steroid dienone is 13. The standard InChI is InChI=1S/C39H54O6/c1-7-8-9-10-11-12-13-14-15-16-17-18-19-20-21-22-23-27-39(42)43-31-30-37(32-44-35(5)40)38(45-36(6)41)29-28-34(4)26-24-25-33(2)3/h8-9,11-12,14-15,17-18,20-21,25,28,32,38H,7,10,13,16,19,22-23,27,29-31H2,1-6H3. The van der Waals surface area contributed by atoms with Gasteiger partial charge in [-0.1, -0.05) is 91.2 Å². The van der Waals surface area contributed by atoms with Crippen molar-refractivity contribution in [1.82, 2.24) is 0 Å². The van der Waals surface area contributed by atoms with Crippen LogP contribution in [0.1, 0.15) is 106 Å². The van der Waals surface area contributed by atoms with Crippen molar-refractivity contribution in [2.24, 2.45) is 0 Å². The van der Waals surface area contributed by atoms with Crippen LogP contribution in [-0.2, 0) is 28.6 Å². The third-order valence-corrected chi connectivity index (χ3v) is 5.93. The van der Waals surface area contributed by atoms with Gasteiger partial charge in [0, 0.05) is 38.7 Å². The predicted molar refractivity (Wildman–Crippen MR) is 185 cm³/mol. The van der Waals surface area contributed by atoms with Gasteiger partial charge in [-0.05, 0) is 77.4 Å². The Kier molecular flexibility index (Phi) is 26.0. The highest BCUT2D eigenvalue weighted by atomic mass is 16.6. The predicted octanol–water partition coefficient (Wildman–Crippen LogP) is 9.53. The molecule has 1 atom stereocenters. The van der Waals surface area contributed by atoms with Crippen LogP contribution in [0.5, 0.6) is 0 Å². The molecular formula is C39H54O6. The van der Waals surface area contributed by atoms with Gasteiger partial charge in [-0.25, -0.2) is 0 Å². The van der Waals surface area contributed by atoms with Crippen molar-refractivity contribution in [2.75, 3.05) is 6.61 Å². The van der Waals surface area contributed by atoms with Crippen LogP contribution in [0.15, 0.2) is 95.9 Å². The van der Waals surface area contributed by atoms with E-state index >= 15 is 0 Å². The van der Waals surface area contributed by atoms with E-state index in [0.29, 0.717) is 24.8 Å². The molecule has 0 aromatic heterocycles. The number of hydrogen-bond donors (Lipinski definition) is 0. The van der Waals surface area contributed by atoms with Crippen LogP contribution >= 0.6 is 0 Å². The van der Waals surface area contributed by atoms with Crippen molar-refractivity contribution in [3.05, 3.63) is 95.9 Å². The molecule has 0 saturated carbocycles. The fourth-order valence-electron chi connectivity index (χ4n) is 3.65. The van der Waals surface area contributed by atoms with Gasteiger partial charge in [-0.15, -0.1) is 0 Å². The minimum Gasteiger partial charge on any atom is -0.465 e. The summed E-state index contributed by atoms with van der Waals surface area (Å²) in [6.07, 6.45) is 33.0. The molecule has 0 N–H and O–H groups in total. The van der Waals surface area contributed by atoms with Gasteiger partial charge >= 0.3 is 17.9 Å². The molecule has 0 rings (SSSR count). The average molecular weight is 619 g/mol. The molecule has 0 aliphatic carbocycles. The Morgan fingerprint density at radius 1 is 0.733 bits per heavy atom. The van der Waals surface area contributed by atoms with E-state index in [1.54, 1.807) is 0 Å². The number of esters is 3. The third kappa shape index (κ3) is 28.4. The second-order valence-electron chi connectivity index (χ2n) is 10.6. The highest BCUT2D eigenvalue weighted by Gasteiger charge is 2.18. The molecule has 246 valence electrons. The highest BCUT2D eigenvalue weighted by Crippen LogP contribution is 2.18. The average Bonchev–Trinajstić information content (AvgIpc) is 2.98. The molecule has 1 unspecified atom stereocenters. The molecule has 6 nitrogen and oxygen atoms in total. The zero-order valence-electron chi connectivity index (χ0n) is 28.3. The lowest BCUT2D eigenvalue weighted by Gasteiger charge is -2.19. The third-order valence-electron chi connectivity index (χ3n) is 5.93. The zero-order valence-corrected chi connectivity index (χ0v) is 28.3. The maximum atomic E-state index is 12.3. The summed E-state index contributed by atoms with van der Waals surface area (Å²) in [6.45, 7) is 10.6. The summed E-state index contributed by atoms with van der Waals surface area (Å²) in [4.78, 5) is 35.5. The number of ether oxygens (including phenoxy) is 3. The number of carbonyl (C=O) groups is 3. The molecule has 0 heterocycles. The van der Waals surface area contributed by atoms with Crippen LogP contribution in [-0.4, -0.2) is 30.6 Å². The van der Waals surface area contributed by atoms with Crippen molar-refractivity contribution >= 4 is 17.9 Å². The fourth-order valence-corrected chi connectivity index (χ4v) is 3.65. The lowest BCUT2D eigenvalue weighted by molar-refractivity contribution is -0.146. The molecule has 0 aliphatic heterocycles. The summed E-state index contributed by atoms with van der Waals surface area (Å²) >= 11 is 0. The summed E-state index contributed by atoms with van der Waals surface area (Å²) in [5, 5.41) is 0. The van der Waals surface area contributed by atoms with Gasteiger partial charge in [0.05, 0.1) is 12.9 Å². The molecule has 45 heavy (non-hydrogen) atoms. The van der Waals surface area contributed by atoms with Crippen molar-refractivity contribution in [3.8, 4) is 11.8 Å². The lowest BCUT2D eigenvalue weighted by atomic mass is 10.0. The summed E-state index contributed by atoms with van der Waals surface area (Å²) in [6, 6.07) is 0. The van der Waals surface area contributed by atoms with E-state index in [2.05, 4.69) is 79.5 Å². The van der Waals surface area contributed by atoms with Gasteiger partial charge in [-0.2, -0.15) is 0 Å². The molecule has 0 aromatic rings. The van der Waals surface area contributed by atoms with Gasteiger partial charge in [0.15, 0.2) is 0 Å². The smallest absolute Gasteiger partial charge is 0.307 e. The number of unbranched alkanes of at least 4 members (excludes halogenated alkanes) is 1. The maximum Gasteiger partial charge on any atom is 0.307 e. The van der Waals surface area contributed by atoms with Crippen molar-refractivity contribution < 1.29 is 28.6 Å². The van der Waals surface area contributed by atoms with E-state index in [4.69, 9.17) is 14.2 Å². The van der Waals surface area contributed by atoms with Crippen LogP contribution in [0.3, 0.4) is 0 Å². The molecule has 0 saturated heterocycles. The van der Waals surface area contributed by atoms with Crippen molar-refractivity contribution in [2.45, 2.75) is 112 Å². The Morgan fingerprint density at radius 2 is 1.31 bits per heavy atom. The van der Waals surface area contributed by atoms with Gasteiger partial charge < -0.3 is 14.2 Å². The first kappa shape index (κ1) is 40.9. The Hall–Kier alpha value is -4.11. The quantitative estimate of drug-likeness (QED) is 0.0318. The van der Waals surface area contributed by atoms with Crippen LogP contribution in [0, 0.1) is 11.8 Å². The molecule has 0 aromatic carbocycles. The summed E-state index contributed by atoms with van der Waals surface area (Å²) < 4.78 is 16.0. The molecule has 0 spiro atoms. The Bertz CT molecular complexity index is 1170. The molecular weight excluding hydrogens is 564 g/mol. The van der Waals surface area contributed by atoms with Gasteiger partial charge in [-0.3, -0.25) is 14.4 Å². The topological polar surface area (TPSA) is 78.9 Å². The Balaban J connectivity index is 4.60. The zero-order chi connectivity index (χ0) is 33.5. The lowest BCUT2D eigenvalue weighted by Crippen LogP contribution is -2.20. The summed E-state index contributed by atoms with van der Waals surface area (Å²) in [7, 11) is 0. The van der Waals surface area contributed by atoms with E-state index in [1.165, 1.54) is 20.1 Å². The molecule has 0 fully saturated rings. The minimum absolute atomic E-state index is 0.0778. The first-order chi connectivity index (χ1) is 21.6. The van der Waals surface area contributed by atoms with E-state index in [0.717, 1.165) is 49.7 Å². The fraction of sp³-hybridized carbons (Fsp3) is 0.462. The maximum absolute atomic E-state index is 12.3. The highest BCUT2D eigenvalue weighted by molar-refractivity contribution is 5.69. The monoisotopic (exact) mass is 618 g/mol. The first-order valence-electron chi connectivity index (χ1n) is 15.9. The summed E-state index contributed by atoms with van der Waals surface area (Å²) in [5.41, 5.74) is 2.45. The Labute approximate surface area is 272 Å². The van der Waals surface area contributed by atoms with Gasteiger partial charge in [0.25, 0.3) is 0 Å². The summed E-state index contributed by atoms with van der Waals surface area (Å²) in [5.74, 6) is 4.73. The molecule has 0 bridgehead atoms. The van der Waals surface area contributed by atoms with Crippen molar-refractivity contribution in [3.63, 3.8) is 0 Å². The number of carbonyl (C=O) groups excluding carboxylic acids is 3.